The summed E-state index contributed by atoms with van der Waals surface area (Å²) in [4.78, 5) is 26.8. The lowest BCUT2D eigenvalue weighted by Crippen LogP contribution is -2.38. The van der Waals surface area contributed by atoms with Gasteiger partial charge in [-0.3, -0.25) is 4.79 Å². The van der Waals surface area contributed by atoms with Crippen LogP contribution in [-0.4, -0.2) is 18.5 Å². The van der Waals surface area contributed by atoms with Gasteiger partial charge in [0.05, 0.1) is 0 Å². The number of nitrogens with one attached hydrogen (secondary N) is 2. The summed E-state index contributed by atoms with van der Waals surface area (Å²) >= 11 is 0. The molecule has 2 N–H and O–H groups in total. The fourth-order valence-electron chi connectivity index (χ4n) is 4.01. The first-order valence-electron chi connectivity index (χ1n) is 10.5. The average Bonchev–Trinajstić information content (AvgIpc) is 2.76. The second-order valence-corrected chi connectivity index (χ2v) is 8.04. The Morgan fingerprint density at radius 2 is 1.83 bits per heavy atom. The zero-order valence-electron chi connectivity index (χ0n) is 17.4. The molecule has 0 bridgehead atoms. The van der Waals surface area contributed by atoms with Gasteiger partial charge in [-0.1, -0.05) is 56.3 Å². The Morgan fingerprint density at radius 1 is 1.03 bits per heavy atom. The molecule has 0 aliphatic carbocycles. The maximum atomic E-state index is 12.5. The standard InChI is InChI=1S/C25H27N3O2/c1-17(2)24(29)28-14-6-10-19-15-21(12-13-23(19)28)27-25(30)26-16-20-9-5-8-18-7-3-4-11-22(18)20/h3-5,7-9,11-13,15,17H,6,10,14,16H2,1-2H3,(H2,26,27,30). The molecule has 0 atom stereocenters. The first-order valence-corrected chi connectivity index (χ1v) is 10.5. The van der Waals surface area contributed by atoms with Crippen LogP contribution < -0.4 is 15.5 Å². The molecule has 0 radical (unpaired) electrons. The molecule has 0 unspecified atom stereocenters. The number of nitrogens with zero attached hydrogens (tertiary/aromatic N) is 1. The molecule has 3 amide bonds. The van der Waals surface area contributed by atoms with Crippen molar-refractivity contribution in [1.29, 1.82) is 0 Å². The minimum absolute atomic E-state index is 0.0337. The summed E-state index contributed by atoms with van der Waals surface area (Å²) in [5, 5.41) is 8.17. The first-order chi connectivity index (χ1) is 14.5. The predicted molar refractivity (Wildman–Crippen MR) is 122 cm³/mol. The normalized spacial score (nSPS) is 13.2. The highest BCUT2D eigenvalue weighted by Crippen LogP contribution is 2.30. The summed E-state index contributed by atoms with van der Waals surface area (Å²) in [7, 11) is 0. The van der Waals surface area contributed by atoms with E-state index in [-0.39, 0.29) is 17.9 Å². The van der Waals surface area contributed by atoms with Gasteiger partial charge in [0.15, 0.2) is 0 Å². The van der Waals surface area contributed by atoms with Gasteiger partial charge in [-0.25, -0.2) is 4.79 Å². The smallest absolute Gasteiger partial charge is 0.319 e. The topological polar surface area (TPSA) is 61.4 Å². The molecular formula is C25H27N3O2. The van der Waals surface area contributed by atoms with E-state index in [0.717, 1.165) is 52.7 Å². The maximum absolute atomic E-state index is 12.5. The van der Waals surface area contributed by atoms with Crippen LogP contribution in [0.1, 0.15) is 31.4 Å². The summed E-state index contributed by atoms with van der Waals surface area (Å²) in [5.41, 5.74) is 3.88. The number of urea groups is 1. The third kappa shape index (κ3) is 4.15. The van der Waals surface area contributed by atoms with Crippen LogP contribution in [0, 0.1) is 5.92 Å². The maximum Gasteiger partial charge on any atom is 0.319 e. The number of carbonyl (C=O) groups is 2. The largest absolute Gasteiger partial charge is 0.334 e. The SMILES string of the molecule is CC(C)C(=O)N1CCCc2cc(NC(=O)NCc3cccc4ccccc34)ccc21. The van der Waals surface area contributed by atoms with E-state index in [1.54, 1.807) is 0 Å². The quantitative estimate of drug-likeness (QED) is 0.639. The molecule has 0 saturated carbocycles. The monoisotopic (exact) mass is 401 g/mol. The Hall–Kier alpha value is -3.34. The molecule has 1 aliphatic heterocycles. The Bertz CT molecular complexity index is 1090. The van der Waals surface area contributed by atoms with Crippen LogP contribution >= 0.6 is 0 Å². The van der Waals surface area contributed by atoms with E-state index in [0.29, 0.717) is 6.54 Å². The molecule has 1 aliphatic rings. The van der Waals surface area contributed by atoms with Crippen molar-refractivity contribution in [3.63, 3.8) is 0 Å². The minimum Gasteiger partial charge on any atom is -0.334 e. The van der Waals surface area contributed by atoms with Crippen molar-refractivity contribution < 1.29 is 9.59 Å². The fraction of sp³-hybridized carbons (Fsp3) is 0.280. The molecule has 0 fully saturated rings. The summed E-state index contributed by atoms with van der Waals surface area (Å²) in [6.45, 7) is 5.05. The molecule has 0 aromatic heterocycles. The van der Waals surface area contributed by atoms with Crippen LogP contribution in [0.5, 0.6) is 0 Å². The summed E-state index contributed by atoms with van der Waals surface area (Å²) in [6.07, 6.45) is 1.84. The van der Waals surface area contributed by atoms with Crippen LogP contribution in [0.25, 0.3) is 10.8 Å². The van der Waals surface area contributed by atoms with E-state index in [1.807, 2.05) is 61.2 Å². The Labute approximate surface area is 177 Å². The van der Waals surface area contributed by atoms with Gasteiger partial charge in [0.25, 0.3) is 0 Å². The molecule has 1 heterocycles. The molecule has 30 heavy (non-hydrogen) atoms. The highest BCUT2D eigenvalue weighted by Gasteiger charge is 2.24. The van der Waals surface area contributed by atoms with Crippen LogP contribution in [0.15, 0.2) is 60.7 Å². The van der Waals surface area contributed by atoms with E-state index < -0.39 is 0 Å². The zero-order valence-corrected chi connectivity index (χ0v) is 17.4. The molecule has 5 nitrogen and oxygen atoms in total. The number of aryl methyl sites for hydroxylation is 1. The number of anilines is 2. The molecule has 4 rings (SSSR count). The van der Waals surface area contributed by atoms with Crippen molar-refractivity contribution in [3.8, 4) is 0 Å². The molecule has 5 heteroatoms. The highest BCUT2D eigenvalue weighted by molar-refractivity contribution is 5.97. The highest BCUT2D eigenvalue weighted by atomic mass is 16.2. The van der Waals surface area contributed by atoms with Gasteiger partial charge >= 0.3 is 6.03 Å². The van der Waals surface area contributed by atoms with Crippen LogP contribution in [0.4, 0.5) is 16.2 Å². The first kappa shape index (κ1) is 20.0. The van der Waals surface area contributed by atoms with Gasteiger partial charge in [0.2, 0.25) is 5.91 Å². The van der Waals surface area contributed by atoms with Crippen molar-refractivity contribution in [2.24, 2.45) is 5.92 Å². The Balaban J connectivity index is 1.43. The second kappa shape index (κ2) is 8.57. The molecule has 3 aromatic rings. The summed E-state index contributed by atoms with van der Waals surface area (Å²) in [5.74, 6) is 0.109. The number of fused-ring (bicyclic) bond motifs is 2. The Kier molecular flexibility index (Phi) is 5.70. The molecular weight excluding hydrogens is 374 g/mol. The van der Waals surface area contributed by atoms with E-state index in [1.165, 1.54) is 0 Å². The van der Waals surface area contributed by atoms with Gasteiger partial charge in [-0.2, -0.15) is 0 Å². The van der Waals surface area contributed by atoms with Crippen molar-refractivity contribution >= 4 is 34.1 Å². The third-order valence-corrected chi connectivity index (χ3v) is 5.54. The third-order valence-electron chi connectivity index (χ3n) is 5.54. The number of benzene rings is 3. The number of hydrogen-bond donors (Lipinski definition) is 2. The second-order valence-electron chi connectivity index (χ2n) is 8.04. The number of carbonyl (C=O) groups excluding carboxylic acids is 2. The summed E-state index contributed by atoms with van der Waals surface area (Å²) in [6, 6.07) is 19.8. The average molecular weight is 402 g/mol. The number of hydrogen-bond acceptors (Lipinski definition) is 2. The number of amides is 3. The number of rotatable bonds is 4. The van der Waals surface area contributed by atoms with E-state index in [4.69, 9.17) is 0 Å². The Morgan fingerprint density at radius 3 is 2.67 bits per heavy atom. The molecule has 0 saturated heterocycles. The fourth-order valence-corrected chi connectivity index (χ4v) is 4.01. The summed E-state index contributed by atoms with van der Waals surface area (Å²) < 4.78 is 0. The van der Waals surface area contributed by atoms with Crippen molar-refractivity contribution in [2.75, 3.05) is 16.8 Å². The van der Waals surface area contributed by atoms with Crippen LogP contribution in [0.2, 0.25) is 0 Å². The van der Waals surface area contributed by atoms with Crippen LogP contribution in [0.3, 0.4) is 0 Å². The lowest BCUT2D eigenvalue weighted by molar-refractivity contribution is -0.121. The predicted octanol–water partition coefficient (Wildman–Crippen LogP) is 5.10. The zero-order chi connectivity index (χ0) is 21.1. The molecule has 0 spiro atoms. The van der Waals surface area contributed by atoms with Gasteiger partial charge in [0.1, 0.15) is 0 Å². The lowest BCUT2D eigenvalue weighted by Gasteiger charge is -2.31. The van der Waals surface area contributed by atoms with Gasteiger partial charge in [-0.05, 0) is 52.9 Å². The van der Waals surface area contributed by atoms with Crippen molar-refractivity contribution in [3.05, 3.63) is 71.8 Å². The van der Waals surface area contributed by atoms with Crippen LogP contribution in [-0.2, 0) is 17.8 Å². The van der Waals surface area contributed by atoms with Gasteiger partial charge < -0.3 is 15.5 Å². The minimum atomic E-state index is -0.242. The lowest BCUT2D eigenvalue weighted by atomic mass is 9.99. The van der Waals surface area contributed by atoms with E-state index >= 15 is 0 Å². The van der Waals surface area contributed by atoms with Crippen molar-refractivity contribution in [1.82, 2.24) is 5.32 Å². The van der Waals surface area contributed by atoms with E-state index in [9.17, 15) is 9.59 Å². The van der Waals surface area contributed by atoms with E-state index in [2.05, 4.69) is 28.8 Å². The van der Waals surface area contributed by atoms with Gasteiger partial charge in [-0.15, -0.1) is 0 Å². The molecule has 3 aromatic carbocycles. The molecule has 154 valence electrons. The van der Waals surface area contributed by atoms with Gasteiger partial charge in [0, 0.05) is 30.4 Å². The van der Waals surface area contributed by atoms with Crippen molar-refractivity contribution in [2.45, 2.75) is 33.2 Å².